The van der Waals surface area contributed by atoms with Gasteiger partial charge in [0.1, 0.15) is 34.9 Å². The minimum Gasteiger partial charge on any atom is -0.444 e. The molecule has 2 aliphatic rings. The van der Waals surface area contributed by atoms with Crippen LogP contribution in [0.1, 0.15) is 68.2 Å². The quantitative estimate of drug-likeness (QED) is 0.666. The van der Waals surface area contributed by atoms with Gasteiger partial charge in [0.2, 0.25) is 0 Å². The second-order valence-electron chi connectivity index (χ2n) is 10.5. The molecule has 0 bridgehead atoms. The third-order valence-electron chi connectivity index (χ3n) is 5.47. The van der Waals surface area contributed by atoms with Crippen molar-refractivity contribution in [1.29, 1.82) is 0 Å². The average Bonchev–Trinajstić information content (AvgIpc) is 3.27. The minimum atomic E-state index is -0.785. The van der Waals surface area contributed by atoms with E-state index in [1.165, 1.54) is 0 Å². The molecule has 1 saturated heterocycles. The van der Waals surface area contributed by atoms with Crippen LogP contribution in [0.5, 0.6) is 0 Å². The van der Waals surface area contributed by atoms with Crippen LogP contribution in [-0.2, 0) is 24.8 Å². The van der Waals surface area contributed by atoms with E-state index in [2.05, 4.69) is 27.0 Å². The summed E-state index contributed by atoms with van der Waals surface area (Å²) in [6, 6.07) is -0.292. The van der Waals surface area contributed by atoms with E-state index >= 15 is 0 Å². The Morgan fingerprint density at radius 3 is 2.25 bits per heavy atom. The maximum atomic E-state index is 13.1. The summed E-state index contributed by atoms with van der Waals surface area (Å²) < 4.78 is 18.3. The monoisotopic (exact) mass is 418 g/mol. The van der Waals surface area contributed by atoms with E-state index in [0.29, 0.717) is 12.5 Å². The first-order chi connectivity index (χ1) is 12.7. The molecule has 1 N–H and O–H groups in total. The molecule has 1 aliphatic heterocycles. The molecule has 0 aromatic heterocycles. The Labute approximate surface area is 173 Å². The molecule has 164 valence electrons. The molecule has 0 aromatic rings. The first-order valence-electron chi connectivity index (χ1n) is 10.3. The van der Waals surface area contributed by atoms with Crippen LogP contribution in [0.15, 0.2) is 0 Å². The number of carbonyl (C=O) groups excluding carboxylic acids is 1. The lowest BCUT2D eigenvalue weighted by molar-refractivity contribution is -0.0701. The minimum absolute atomic E-state index is 0.00950. The smallest absolute Gasteiger partial charge is 0.412 e. The molecule has 1 aliphatic carbocycles. The van der Waals surface area contributed by atoms with Crippen LogP contribution in [0.25, 0.3) is 0 Å². The highest BCUT2D eigenvalue weighted by Gasteiger charge is 2.55. The van der Waals surface area contributed by atoms with E-state index in [-0.39, 0.29) is 40.6 Å². The third-order valence-corrected chi connectivity index (χ3v) is 7.70. The van der Waals surface area contributed by atoms with E-state index in [4.69, 9.17) is 13.7 Å². The molecule has 1 saturated carbocycles. The number of nitrogens with zero attached hydrogens (tertiary/aromatic N) is 1. The van der Waals surface area contributed by atoms with E-state index in [9.17, 15) is 9.90 Å². The third kappa shape index (κ3) is 5.77. The average molecular weight is 419 g/mol. The Morgan fingerprint density at radius 1 is 1.25 bits per heavy atom. The summed E-state index contributed by atoms with van der Waals surface area (Å²) in [5, 5.41) is 10.2. The summed E-state index contributed by atoms with van der Waals surface area (Å²) >= 11 is -0.342. The highest BCUT2D eigenvalue weighted by atomic mass is 32.2. The molecule has 1 heterocycles. The van der Waals surface area contributed by atoms with Crippen molar-refractivity contribution in [3.05, 3.63) is 0 Å². The molecule has 2 rings (SSSR count). The molecule has 0 spiro atoms. The Hall–Kier alpha value is -0.500. The van der Waals surface area contributed by atoms with Gasteiger partial charge in [0.25, 0.3) is 0 Å². The molecule has 1 amide bonds. The largest absolute Gasteiger partial charge is 0.444 e. The Kier molecular flexibility index (Phi) is 7.07. The number of aliphatic hydroxyl groups excluding tert-OH is 1. The first kappa shape index (κ1) is 23.8. The number of aliphatic hydroxyl groups is 1. The van der Waals surface area contributed by atoms with Crippen LogP contribution >= 0.6 is 0 Å². The maximum absolute atomic E-state index is 13.1. The Balaban J connectivity index is 2.34. The summed E-state index contributed by atoms with van der Waals surface area (Å²) in [6.45, 7) is 16.2. The van der Waals surface area contributed by atoms with E-state index in [1.54, 1.807) is 4.90 Å². The Bertz CT molecular complexity index is 550. The second kappa shape index (κ2) is 8.32. The van der Waals surface area contributed by atoms with Crippen LogP contribution in [0.3, 0.4) is 0 Å². The Morgan fingerprint density at radius 2 is 1.82 bits per heavy atom. The fourth-order valence-electron chi connectivity index (χ4n) is 3.52. The van der Waals surface area contributed by atoms with Crippen molar-refractivity contribution in [1.82, 2.24) is 4.90 Å². The maximum Gasteiger partial charge on any atom is 0.412 e. The summed E-state index contributed by atoms with van der Waals surface area (Å²) in [5.41, 5.74) is -1.38. The van der Waals surface area contributed by atoms with E-state index in [1.807, 2.05) is 34.6 Å². The van der Waals surface area contributed by atoms with Crippen molar-refractivity contribution in [2.45, 2.75) is 96.5 Å². The van der Waals surface area contributed by atoms with Gasteiger partial charge in [-0.05, 0) is 74.1 Å². The van der Waals surface area contributed by atoms with Crippen molar-refractivity contribution in [2.24, 2.45) is 11.8 Å². The molecule has 28 heavy (non-hydrogen) atoms. The standard InChI is InChI=1S/C21H40NO5S/c1-19(2,3)26-18(24)22-16(13-25-21(22,7)8)17(15(12-23)14-10-11-14)27-28(9)20(4,5)6/h14-17,23H,10-13H2,1-9H3/q+1/t15-,16-,17-,28?/m1/s1. The SMILES string of the molecule is C[S+](O[C@H]([C@H](CO)C1CC1)[C@H]1COC(C)(C)N1C(=O)OC(C)(C)C)C(C)(C)C. The van der Waals surface area contributed by atoms with Crippen molar-refractivity contribution in [3.8, 4) is 0 Å². The highest BCUT2D eigenvalue weighted by molar-refractivity contribution is 7.93. The molecule has 1 unspecified atom stereocenters. The van der Waals surface area contributed by atoms with Gasteiger partial charge in [-0.3, -0.25) is 4.90 Å². The molecule has 4 atom stereocenters. The summed E-state index contributed by atoms with van der Waals surface area (Å²) in [4.78, 5) is 14.8. The predicted octanol–water partition coefficient (Wildman–Crippen LogP) is 3.72. The zero-order valence-corrected chi connectivity index (χ0v) is 19.9. The van der Waals surface area contributed by atoms with Crippen molar-refractivity contribution in [3.63, 3.8) is 0 Å². The van der Waals surface area contributed by atoms with Crippen molar-refractivity contribution in [2.75, 3.05) is 19.5 Å². The van der Waals surface area contributed by atoms with Gasteiger partial charge in [-0.15, -0.1) is 0 Å². The van der Waals surface area contributed by atoms with Gasteiger partial charge in [-0.2, -0.15) is 4.18 Å². The fourth-order valence-corrected chi connectivity index (χ4v) is 4.41. The van der Waals surface area contributed by atoms with Gasteiger partial charge >= 0.3 is 6.09 Å². The lowest BCUT2D eigenvalue weighted by atomic mass is 9.92. The number of ether oxygens (including phenoxy) is 2. The zero-order valence-electron chi connectivity index (χ0n) is 19.1. The normalized spacial score (nSPS) is 26.1. The van der Waals surface area contributed by atoms with E-state index in [0.717, 1.165) is 12.8 Å². The summed E-state index contributed by atoms with van der Waals surface area (Å²) in [7, 11) is 0. The first-order valence-corrected chi connectivity index (χ1v) is 11.8. The number of carbonyl (C=O) groups is 1. The van der Waals surface area contributed by atoms with E-state index < -0.39 is 17.4 Å². The lowest BCUT2D eigenvalue weighted by Gasteiger charge is -2.39. The van der Waals surface area contributed by atoms with Gasteiger partial charge in [0.05, 0.1) is 12.6 Å². The van der Waals surface area contributed by atoms with Crippen LogP contribution < -0.4 is 0 Å². The summed E-state index contributed by atoms with van der Waals surface area (Å²) in [5.74, 6) is 0.431. The zero-order chi connectivity index (χ0) is 21.5. The lowest BCUT2D eigenvalue weighted by Crippen LogP contribution is -2.56. The molecule has 6 nitrogen and oxygen atoms in total. The fraction of sp³-hybridized carbons (Fsp3) is 0.952. The van der Waals surface area contributed by atoms with Crippen LogP contribution in [0.2, 0.25) is 0 Å². The van der Waals surface area contributed by atoms with Gasteiger partial charge in [-0.1, -0.05) is 0 Å². The topological polar surface area (TPSA) is 68.2 Å². The summed E-state index contributed by atoms with van der Waals surface area (Å²) in [6.07, 6.45) is 3.60. The van der Waals surface area contributed by atoms with Gasteiger partial charge < -0.3 is 14.6 Å². The van der Waals surface area contributed by atoms with Crippen molar-refractivity contribution >= 4 is 17.3 Å². The van der Waals surface area contributed by atoms with Gasteiger partial charge in [0.15, 0.2) is 4.75 Å². The van der Waals surface area contributed by atoms with Gasteiger partial charge in [0, 0.05) is 12.5 Å². The number of hydrogen-bond donors (Lipinski definition) is 1. The molecular weight excluding hydrogens is 378 g/mol. The molecule has 0 radical (unpaired) electrons. The second-order valence-corrected chi connectivity index (χ2v) is 12.8. The van der Waals surface area contributed by atoms with Gasteiger partial charge in [-0.25, -0.2) is 4.79 Å². The van der Waals surface area contributed by atoms with Crippen molar-refractivity contribution < 1.29 is 23.6 Å². The molecule has 2 fully saturated rings. The highest BCUT2D eigenvalue weighted by Crippen LogP contribution is 2.44. The van der Waals surface area contributed by atoms with Crippen LogP contribution in [-0.4, -0.2) is 63.8 Å². The van der Waals surface area contributed by atoms with Crippen LogP contribution in [0.4, 0.5) is 4.79 Å². The van der Waals surface area contributed by atoms with Crippen LogP contribution in [0, 0.1) is 11.8 Å². The number of rotatable bonds is 6. The molecule has 0 aromatic carbocycles. The number of hydrogen-bond acceptors (Lipinski definition) is 5. The molecule has 7 heteroatoms. The number of amides is 1. The predicted molar refractivity (Wildman–Crippen MR) is 113 cm³/mol. The molecular formula is C21H40NO5S+.